The molecule has 1 aliphatic heterocycles. The molecule has 0 aromatic rings. The van der Waals surface area contributed by atoms with E-state index in [0.29, 0.717) is 6.54 Å². The van der Waals surface area contributed by atoms with Gasteiger partial charge in [0.15, 0.2) is 5.78 Å². The summed E-state index contributed by atoms with van der Waals surface area (Å²) in [7, 11) is 0. The van der Waals surface area contributed by atoms with E-state index < -0.39 is 0 Å². The molecule has 1 aliphatic carbocycles. The van der Waals surface area contributed by atoms with Crippen molar-refractivity contribution in [3.63, 3.8) is 0 Å². The lowest BCUT2D eigenvalue weighted by atomic mass is 9.76. The Morgan fingerprint density at radius 1 is 1.21 bits per heavy atom. The minimum Gasteiger partial charge on any atom is -0.372 e. The Morgan fingerprint density at radius 2 is 1.83 bits per heavy atom. The summed E-state index contributed by atoms with van der Waals surface area (Å²) in [4.78, 5) is 15.2. The minimum absolute atomic E-state index is 0.0111. The van der Waals surface area contributed by atoms with Crippen molar-refractivity contribution in [2.24, 2.45) is 11.3 Å². The molecule has 0 amide bonds. The first-order valence-electron chi connectivity index (χ1n) is 9.93. The van der Waals surface area contributed by atoms with E-state index in [1.54, 1.807) is 0 Å². The van der Waals surface area contributed by atoms with E-state index in [1.165, 1.54) is 38.5 Å². The fourth-order valence-corrected chi connectivity index (χ4v) is 3.96. The fourth-order valence-electron chi connectivity index (χ4n) is 3.96. The third-order valence-electron chi connectivity index (χ3n) is 5.85. The molecule has 138 valence electrons. The number of hydrogen-bond acceptors (Lipinski definition) is 3. The molecule has 0 saturated heterocycles. The van der Waals surface area contributed by atoms with Crippen LogP contribution >= 0.6 is 0 Å². The van der Waals surface area contributed by atoms with Crippen LogP contribution in [0.1, 0.15) is 79.6 Å². The molecule has 3 heteroatoms. The van der Waals surface area contributed by atoms with Crippen molar-refractivity contribution in [1.29, 1.82) is 0 Å². The SMILES string of the molecule is CC1(C)CCN(C(C)(C)C)C=C1C(=O)CNCC1CCCCCC1. The summed E-state index contributed by atoms with van der Waals surface area (Å²) in [6.45, 7) is 13.6. The maximum absolute atomic E-state index is 12.8. The summed E-state index contributed by atoms with van der Waals surface area (Å²) < 4.78 is 0. The largest absolute Gasteiger partial charge is 0.372 e. The highest BCUT2D eigenvalue weighted by Gasteiger charge is 2.35. The van der Waals surface area contributed by atoms with E-state index in [-0.39, 0.29) is 16.7 Å². The summed E-state index contributed by atoms with van der Waals surface area (Å²) >= 11 is 0. The van der Waals surface area contributed by atoms with Gasteiger partial charge in [-0.05, 0) is 57.9 Å². The Bertz CT molecular complexity index is 451. The minimum atomic E-state index is -0.0111. The quantitative estimate of drug-likeness (QED) is 0.750. The lowest BCUT2D eigenvalue weighted by molar-refractivity contribution is -0.116. The lowest BCUT2D eigenvalue weighted by Gasteiger charge is -2.43. The van der Waals surface area contributed by atoms with E-state index in [2.05, 4.69) is 51.0 Å². The number of hydrogen-bond donors (Lipinski definition) is 1. The maximum Gasteiger partial charge on any atom is 0.174 e. The van der Waals surface area contributed by atoms with Crippen LogP contribution in [-0.4, -0.2) is 35.9 Å². The molecule has 0 aromatic carbocycles. The second-order valence-electron chi connectivity index (χ2n) is 9.45. The average Bonchev–Trinajstić information content (AvgIpc) is 2.74. The normalized spacial score (nSPS) is 22.9. The molecule has 0 unspecified atom stereocenters. The van der Waals surface area contributed by atoms with Gasteiger partial charge in [0, 0.05) is 23.9 Å². The van der Waals surface area contributed by atoms with Gasteiger partial charge in [0.05, 0.1) is 6.54 Å². The third-order valence-corrected chi connectivity index (χ3v) is 5.85. The summed E-state index contributed by atoms with van der Waals surface area (Å²) in [5.74, 6) is 1.04. The zero-order valence-electron chi connectivity index (χ0n) is 16.6. The van der Waals surface area contributed by atoms with Gasteiger partial charge in [-0.3, -0.25) is 4.79 Å². The van der Waals surface area contributed by atoms with Crippen LogP contribution in [0.4, 0.5) is 0 Å². The van der Waals surface area contributed by atoms with Gasteiger partial charge in [-0.1, -0.05) is 39.5 Å². The molecular formula is C21H38N2O. The molecule has 3 nitrogen and oxygen atoms in total. The smallest absolute Gasteiger partial charge is 0.174 e. The number of ketones is 1. The highest BCUT2D eigenvalue weighted by molar-refractivity contribution is 5.98. The van der Waals surface area contributed by atoms with Crippen LogP contribution in [0.5, 0.6) is 0 Å². The Labute approximate surface area is 149 Å². The molecule has 0 aromatic heterocycles. The number of carbonyl (C=O) groups is 1. The number of rotatable bonds is 5. The van der Waals surface area contributed by atoms with Gasteiger partial charge in [-0.25, -0.2) is 0 Å². The Hall–Kier alpha value is -0.830. The molecule has 0 spiro atoms. The van der Waals surface area contributed by atoms with Crippen molar-refractivity contribution in [3.05, 3.63) is 11.8 Å². The highest BCUT2D eigenvalue weighted by atomic mass is 16.1. The number of nitrogens with one attached hydrogen (secondary N) is 1. The van der Waals surface area contributed by atoms with Crippen molar-refractivity contribution in [1.82, 2.24) is 10.2 Å². The monoisotopic (exact) mass is 334 g/mol. The van der Waals surface area contributed by atoms with Crippen LogP contribution in [-0.2, 0) is 4.79 Å². The zero-order chi connectivity index (χ0) is 17.8. The molecule has 0 bridgehead atoms. The van der Waals surface area contributed by atoms with Crippen molar-refractivity contribution in [3.8, 4) is 0 Å². The predicted octanol–water partition coefficient (Wildman–Crippen LogP) is 4.53. The van der Waals surface area contributed by atoms with Crippen LogP contribution in [0.3, 0.4) is 0 Å². The fraction of sp³-hybridized carbons (Fsp3) is 0.857. The van der Waals surface area contributed by atoms with Gasteiger partial charge in [0.1, 0.15) is 0 Å². The summed E-state index contributed by atoms with van der Waals surface area (Å²) in [6, 6.07) is 0. The van der Waals surface area contributed by atoms with Gasteiger partial charge in [-0.15, -0.1) is 0 Å². The molecule has 24 heavy (non-hydrogen) atoms. The third kappa shape index (κ3) is 5.34. The number of carbonyl (C=O) groups excluding carboxylic acids is 1. The molecule has 0 atom stereocenters. The molecule has 1 heterocycles. The Morgan fingerprint density at radius 3 is 2.42 bits per heavy atom. The van der Waals surface area contributed by atoms with Gasteiger partial charge < -0.3 is 10.2 Å². The standard InChI is InChI=1S/C21H38N2O/c1-20(2,3)23-13-12-21(4,5)18(16-23)19(24)15-22-14-17-10-8-6-7-9-11-17/h16-17,22H,6-15H2,1-5H3. The second kappa shape index (κ2) is 8.03. The van der Waals surface area contributed by atoms with Gasteiger partial charge in [-0.2, -0.15) is 0 Å². The second-order valence-corrected chi connectivity index (χ2v) is 9.45. The summed E-state index contributed by atoms with van der Waals surface area (Å²) in [5.41, 5.74) is 1.07. The van der Waals surface area contributed by atoms with E-state index >= 15 is 0 Å². The lowest BCUT2D eigenvalue weighted by Crippen LogP contribution is -2.45. The van der Waals surface area contributed by atoms with Crippen LogP contribution in [0, 0.1) is 11.3 Å². The van der Waals surface area contributed by atoms with Crippen LogP contribution < -0.4 is 5.32 Å². The van der Waals surface area contributed by atoms with Crippen LogP contribution in [0.2, 0.25) is 0 Å². The molecule has 1 saturated carbocycles. The first kappa shape index (κ1) is 19.5. The Balaban J connectivity index is 1.92. The van der Waals surface area contributed by atoms with Crippen molar-refractivity contribution >= 4 is 5.78 Å². The van der Waals surface area contributed by atoms with Gasteiger partial charge in [0.25, 0.3) is 0 Å². The first-order chi connectivity index (χ1) is 11.2. The van der Waals surface area contributed by atoms with Crippen molar-refractivity contribution in [2.45, 2.75) is 85.1 Å². The molecule has 1 fully saturated rings. The predicted molar refractivity (Wildman–Crippen MR) is 102 cm³/mol. The molecule has 1 N–H and O–H groups in total. The molecular weight excluding hydrogens is 296 g/mol. The highest BCUT2D eigenvalue weighted by Crippen LogP contribution is 2.37. The van der Waals surface area contributed by atoms with Gasteiger partial charge in [0.2, 0.25) is 0 Å². The van der Waals surface area contributed by atoms with Crippen molar-refractivity contribution < 1.29 is 4.79 Å². The molecule has 0 radical (unpaired) electrons. The topological polar surface area (TPSA) is 32.3 Å². The number of Topliss-reactive ketones (excluding diaryl/α,β-unsaturated/α-hetero) is 1. The van der Waals surface area contributed by atoms with Gasteiger partial charge >= 0.3 is 0 Å². The van der Waals surface area contributed by atoms with E-state index in [4.69, 9.17) is 0 Å². The first-order valence-corrected chi connectivity index (χ1v) is 9.93. The van der Waals surface area contributed by atoms with E-state index in [9.17, 15) is 4.79 Å². The van der Waals surface area contributed by atoms with Crippen LogP contribution in [0.25, 0.3) is 0 Å². The van der Waals surface area contributed by atoms with E-state index in [1.807, 2.05) is 0 Å². The maximum atomic E-state index is 12.8. The zero-order valence-corrected chi connectivity index (χ0v) is 16.6. The van der Waals surface area contributed by atoms with Crippen molar-refractivity contribution in [2.75, 3.05) is 19.6 Å². The summed E-state index contributed by atoms with van der Waals surface area (Å²) in [5, 5.41) is 3.46. The average molecular weight is 335 g/mol. The number of nitrogens with zero attached hydrogens (tertiary/aromatic N) is 1. The molecule has 2 rings (SSSR count). The van der Waals surface area contributed by atoms with Crippen LogP contribution in [0.15, 0.2) is 11.8 Å². The Kier molecular flexibility index (Phi) is 6.52. The van der Waals surface area contributed by atoms with E-state index in [0.717, 1.165) is 31.0 Å². The molecule has 2 aliphatic rings. The summed E-state index contributed by atoms with van der Waals surface area (Å²) in [6.07, 6.45) is 11.3.